The van der Waals surface area contributed by atoms with Crippen LogP contribution < -0.4 is 5.32 Å². The molecule has 0 unspecified atom stereocenters. The van der Waals surface area contributed by atoms with Crippen molar-refractivity contribution in [3.8, 4) is 5.69 Å². The van der Waals surface area contributed by atoms with Gasteiger partial charge in [0.05, 0.1) is 22.0 Å². The summed E-state index contributed by atoms with van der Waals surface area (Å²) in [6.07, 6.45) is 4.99. The number of halogens is 2. The number of pyridine rings is 1. The second-order valence-electron chi connectivity index (χ2n) is 4.44. The lowest BCUT2D eigenvalue weighted by atomic mass is 10.2. The number of carbonyl (C=O) groups excluding carboxylic acids is 1. The lowest BCUT2D eigenvalue weighted by molar-refractivity contribution is 0.102. The summed E-state index contributed by atoms with van der Waals surface area (Å²) in [7, 11) is 0. The molecular weight excluding hydrogens is 368 g/mol. The van der Waals surface area contributed by atoms with Gasteiger partial charge in [0.25, 0.3) is 5.91 Å². The number of para-hydroxylation sites is 2. The zero-order valence-electron chi connectivity index (χ0n) is 11.2. The molecule has 1 amide bonds. The van der Waals surface area contributed by atoms with Crippen LogP contribution >= 0.6 is 27.5 Å². The van der Waals surface area contributed by atoms with Crippen molar-refractivity contribution in [2.24, 2.45) is 0 Å². The minimum atomic E-state index is -0.261. The number of amides is 1. The van der Waals surface area contributed by atoms with Gasteiger partial charge in [0.2, 0.25) is 0 Å². The third-order valence-corrected chi connectivity index (χ3v) is 3.56. The fourth-order valence-electron chi connectivity index (χ4n) is 1.95. The first-order valence-corrected chi connectivity index (χ1v) is 7.53. The Morgan fingerprint density at radius 3 is 2.82 bits per heavy atom. The van der Waals surface area contributed by atoms with Gasteiger partial charge in [-0.15, -0.1) is 0 Å². The molecule has 0 bridgehead atoms. The van der Waals surface area contributed by atoms with E-state index in [-0.39, 0.29) is 11.1 Å². The molecule has 1 N–H and O–H groups in total. The van der Waals surface area contributed by atoms with Crippen molar-refractivity contribution in [1.29, 1.82) is 0 Å². The van der Waals surface area contributed by atoms with Crippen LogP contribution in [0.5, 0.6) is 0 Å². The van der Waals surface area contributed by atoms with Gasteiger partial charge < -0.3 is 5.32 Å². The average molecular weight is 378 g/mol. The normalized spacial score (nSPS) is 10.5. The third-order valence-electron chi connectivity index (χ3n) is 2.94. The van der Waals surface area contributed by atoms with Crippen molar-refractivity contribution in [2.75, 3.05) is 5.32 Å². The first-order valence-electron chi connectivity index (χ1n) is 6.36. The molecule has 0 saturated heterocycles. The van der Waals surface area contributed by atoms with Crippen LogP contribution in [0, 0.1) is 0 Å². The third kappa shape index (κ3) is 3.18. The number of rotatable bonds is 3. The summed E-state index contributed by atoms with van der Waals surface area (Å²) < 4.78 is 2.54. The van der Waals surface area contributed by atoms with Crippen LogP contribution in [0.3, 0.4) is 0 Å². The SMILES string of the molecule is O=C(Nc1ccccc1-n1cc(Br)cn1)c1ccnc(Cl)c1. The van der Waals surface area contributed by atoms with Crippen LogP contribution in [0.4, 0.5) is 5.69 Å². The number of benzene rings is 1. The molecule has 0 spiro atoms. The summed E-state index contributed by atoms with van der Waals surface area (Å²) in [5.41, 5.74) is 1.86. The molecule has 0 fully saturated rings. The first-order chi connectivity index (χ1) is 10.6. The molecule has 3 rings (SSSR count). The highest BCUT2D eigenvalue weighted by atomic mass is 79.9. The maximum absolute atomic E-state index is 12.3. The summed E-state index contributed by atoms with van der Waals surface area (Å²) in [6.45, 7) is 0. The van der Waals surface area contributed by atoms with Crippen molar-refractivity contribution in [1.82, 2.24) is 14.8 Å². The van der Waals surface area contributed by atoms with Gasteiger partial charge in [0.15, 0.2) is 0 Å². The van der Waals surface area contributed by atoms with Crippen molar-refractivity contribution >= 4 is 39.1 Å². The summed E-state index contributed by atoms with van der Waals surface area (Å²) >= 11 is 9.17. The van der Waals surface area contributed by atoms with E-state index in [2.05, 4.69) is 31.3 Å². The second-order valence-corrected chi connectivity index (χ2v) is 5.74. The van der Waals surface area contributed by atoms with E-state index in [1.807, 2.05) is 30.5 Å². The van der Waals surface area contributed by atoms with Crippen molar-refractivity contribution in [3.63, 3.8) is 0 Å². The quantitative estimate of drug-likeness (QED) is 0.703. The van der Waals surface area contributed by atoms with E-state index in [9.17, 15) is 4.79 Å². The number of anilines is 1. The van der Waals surface area contributed by atoms with Crippen LogP contribution in [0.25, 0.3) is 5.69 Å². The number of hydrogen-bond acceptors (Lipinski definition) is 3. The predicted octanol–water partition coefficient (Wildman–Crippen LogP) is 3.94. The van der Waals surface area contributed by atoms with Crippen molar-refractivity contribution in [3.05, 3.63) is 70.2 Å². The molecule has 2 heterocycles. The lowest BCUT2D eigenvalue weighted by Crippen LogP contribution is -2.14. The molecule has 0 aliphatic rings. The van der Waals surface area contributed by atoms with Crippen LogP contribution in [0.2, 0.25) is 5.15 Å². The molecule has 2 aromatic heterocycles. The molecular formula is C15H10BrClN4O. The highest BCUT2D eigenvalue weighted by molar-refractivity contribution is 9.10. The lowest BCUT2D eigenvalue weighted by Gasteiger charge is -2.11. The molecule has 5 nitrogen and oxygen atoms in total. The van der Waals surface area contributed by atoms with Gasteiger partial charge in [-0.1, -0.05) is 23.7 Å². The van der Waals surface area contributed by atoms with E-state index in [4.69, 9.17) is 11.6 Å². The number of aromatic nitrogens is 3. The van der Waals surface area contributed by atoms with E-state index >= 15 is 0 Å². The van der Waals surface area contributed by atoms with Crippen molar-refractivity contribution in [2.45, 2.75) is 0 Å². The van der Waals surface area contributed by atoms with Gasteiger partial charge in [0, 0.05) is 18.0 Å². The number of nitrogens with zero attached hydrogens (tertiary/aromatic N) is 3. The van der Waals surface area contributed by atoms with Crippen LogP contribution in [-0.4, -0.2) is 20.7 Å². The molecule has 1 aromatic carbocycles. The van der Waals surface area contributed by atoms with E-state index in [0.29, 0.717) is 11.3 Å². The minimum absolute atomic E-state index is 0.261. The first kappa shape index (κ1) is 14.7. The molecule has 0 radical (unpaired) electrons. The summed E-state index contributed by atoms with van der Waals surface area (Å²) in [5, 5.41) is 7.36. The van der Waals surface area contributed by atoms with E-state index in [0.717, 1.165) is 10.2 Å². The average Bonchev–Trinajstić information content (AvgIpc) is 2.94. The van der Waals surface area contributed by atoms with E-state index < -0.39 is 0 Å². The Labute approximate surface area is 140 Å². The van der Waals surface area contributed by atoms with E-state index in [1.54, 1.807) is 16.9 Å². The Morgan fingerprint density at radius 1 is 1.27 bits per heavy atom. The molecule has 3 aromatic rings. The Kier molecular flexibility index (Phi) is 4.22. The summed E-state index contributed by atoms with van der Waals surface area (Å²) in [5.74, 6) is -0.261. The zero-order chi connectivity index (χ0) is 15.5. The zero-order valence-corrected chi connectivity index (χ0v) is 13.5. The topological polar surface area (TPSA) is 59.8 Å². The molecule has 7 heteroatoms. The molecule has 110 valence electrons. The number of nitrogens with one attached hydrogen (secondary N) is 1. The van der Waals surface area contributed by atoms with Gasteiger partial charge in [-0.05, 0) is 40.2 Å². The van der Waals surface area contributed by atoms with Crippen molar-refractivity contribution < 1.29 is 4.79 Å². The Morgan fingerprint density at radius 2 is 2.09 bits per heavy atom. The Hall–Kier alpha value is -2.18. The summed E-state index contributed by atoms with van der Waals surface area (Å²) in [6, 6.07) is 10.5. The highest BCUT2D eigenvalue weighted by Crippen LogP contribution is 2.22. The Bertz CT molecular complexity index is 834. The molecule has 0 atom stereocenters. The number of carbonyl (C=O) groups is 1. The molecule has 0 aliphatic carbocycles. The smallest absolute Gasteiger partial charge is 0.255 e. The Balaban J connectivity index is 1.91. The maximum atomic E-state index is 12.3. The second kappa shape index (κ2) is 6.29. The van der Waals surface area contributed by atoms with Crippen LogP contribution in [-0.2, 0) is 0 Å². The van der Waals surface area contributed by atoms with Gasteiger partial charge in [-0.3, -0.25) is 4.79 Å². The minimum Gasteiger partial charge on any atom is -0.320 e. The molecule has 0 saturated carbocycles. The highest BCUT2D eigenvalue weighted by Gasteiger charge is 2.11. The number of hydrogen-bond donors (Lipinski definition) is 1. The predicted molar refractivity (Wildman–Crippen MR) is 88.5 cm³/mol. The summed E-state index contributed by atoms with van der Waals surface area (Å²) in [4.78, 5) is 16.2. The van der Waals surface area contributed by atoms with Crippen LogP contribution in [0.15, 0.2) is 59.5 Å². The van der Waals surface area contributed by atoms with Crippen LogP contribution in [0.1, 0.15) is 10.4 Å². The fraction of sp³-hybridized carbons (Fsp3) is 0. The monoisotopic (exact) mass is 376 g/mol. The van der Waals surface area contributed by atoms with Gasteiger partial charge in [0.1, 0.15) is 5.15 Å². The van der Waals surface area contributed by atoms with Gasteiger partial charge in [-0.25, -0.2) is 9.67 Å². The van der Waals surface area contributed by atoms with Gasteiger partial charge in [-0.2, -0.15) is 5.10 Å². The van der Waals surface area contributed by atoms with E-state index in [1.165, 1.54) is 12.3 Å². The maximum Gasteiger partial charge on any atom is 0.255 e. The molecule has 22 heavy (non-hydrogen) atoms. The standard InChI is InChI=1S/C15H10BrClN4O/c16-11-8-19-21(9-11)13-4-2-1-3-12(13)20-15(22)10-5-6-18-14(17)7-10/h1-9H,(H,20,22). The molecule has 0 aliphatic heterocycles. The van der Waals surface area contributed by atoms with Gasteiger partial charge >= 0.3 is 0 Å². The fourth-order valence-corrected chi connectivity index (χ4v) is 2.41. The largest absolute Gasteiger partial charge is 0.320 e.